The molecule has 17 heavy (non-hydrogen) atoms. The van der Waals surface area contributed by atoms with Crippen LogP contribution in [0.4, 0.5) is 0 Å². The number of hydrogen-bond acceptors (Lipinski definition) is 2. The van der Waals surface area contributed by atoms with Crippen LogP contribution in [0.2, 0.25) is 0 Å². The molecule has 0 spiro atoms. The van der Waals surface area contributed by atoms with Crippen molar-refractivity contribution in [3.63, 3.8) is 0 Å². The van der Waals surface area contributed by atoms with E-state index < -0.39 is 0 Å². The first-order chi connectivity index (χ1) is 8.06. The van der Waals surface area contributed by atoms with Gasteiger partial charge in [-0.25, -0.2) is 0 Å². The number of aryl methyl sites for hydroxylation is 1. The Bertz CT molecular complexity index is 463. The number of thiol groups is 1. The van der Waals surface area contributed by atoms with E-state index in [0.717, 1.165) is 22.3 Å². The highest BCUT2D eigenvalue weighted by Crippen LogP contribution is 2.40. The van der Waals surface area contributed by atoms with E-state index in [0.29, 0.717) is 0 Å². The molecule has 1 aromatic rings. The van der Waals surface area contributed by atoms with Gasteiger partial charge in [-0.1, -0.05) is 12.8 Å². The first kappa shape index (κ1) is 13.2. The molecule has 1 fully saturated rings. The number of aromatic nitrogens is 1. The topological polar surface area (TPSA) is 22.0 Å². The van der Waals surface area contributed by atoms with Crippen molar-refractivity contribution >= 4 is 28.6 Å². The van der Waals surface area contributed by atoms with E-state index in [1.54, 1.807) is 0 Å². The Kier molecular flexibility index (Phi) is 4.03. The highest BCUT2D eigenvalue weighted by Gasteiger charge is 2.33. The molecule has 0 saturated heterocycles. The zero-order valence-corrected chi connectivity index (χ0v) is 12.6. The summed E-state index contributed by atoms with van der Waals surface area (Å²) in [5, 5.41) is 0. The average Bonchev–Trinajstić information content (AvgIpc) is 2.74. The van der Waals surface area contributed by atoms with Crippen LogP contribution >= 0.6 is 28.6 Å². The van der Waals surface area contributed by atoms with Gasteiger partial charge in [-0.3, -0.25) is 4.79 Å². The summed E-state index contributed by atoms with van der Waals surface area (Å²) in [5.74, 6) is 0.866. The van der Waals surface area contributed by atoms with Gasteiger partial charge in [0.2, 0.25) is 0 Å². The second-order valence-corrected chi connectivity index (χ2v) is 6.37. The fourth-order valence-corrected chi connectivity index (χ4v) is 3.72. The Morgan fingerprint density at radius 3 is 2.71 bits per heavy atom. The summed E-state index contributed by atoms with van der Waals surface area (Å²) in [4.78, 5) is 12.1. The lowest BCUT2D eigenvalue weighted by molar-refractivity contribution is 0.286. The van der Waals surface area contributed by atoms with Crippen LogP contribution in [0.25, 0.3) is 0 Å². The minimum Gasteiger partial charge on any atom is -0.314 e. The molecule has 0 aliphatic heterocycles. The summed E-state index contributed by atoms with van der Waals surface area (Å²) in [6, 6.07) is 1.88. The van der Waals surface area contributed by atoms with Crippen LogP contribution in [0.3, 0.4) is 0 Å². The minimum atomic E-state index is 0.126. The second-order valence-electron chi connectivity index (χ2n) is 5.14. The van der Waals surface area contributed by atoms with E-state index >= 15 is 0 Å². The SMILES string of the molecule is Cc1cc(Br)cn(CC2(CS)CCCC2)c1=O. The summed E-state index contributed by atoms with van der Waals surface area (Å²) in [6.07, 6.45) is 6.81. The van der Waals surface area contributed by atoms with Crippen LogP contribution in [0.15, 0.2) is 21.5 Å². The van der Waals surface area contributed by atoms with Crippen molar-refractivity contribution < 1.29 is 0 Å². The Balaban J connectivity index is 2.32. The molecule has 0 atom stereocenters. The lowest BCUT2D eigenvalue weighted by Crippen LogP contribution is -2.32. The van der Waals surface area contributed by atoms with Crippen LogP contribution in [0, 0.1) is 12.3 Å². The minimum absolute atomic E-state index is 0.126. The Morgan fingerprint density at radius 1 is 1.47 bits per heavy atom. The third kappa shape index (κ3) is 2.79. The quantitative estimate of drug-likeness (QED) is 0.848. The van der Waals surface area contributed by atoms with Gasteiger partial charge in [0.1, 0.15) is 0 Å². The van der Waals surface area contributed by atoms with E-state index in [-0.39, 0.29) is 11.0 Å². The Morgan fingerprint density at radius 2 is 2.12 bits per heavy atom. The van der Waals surface area contributed by atoms with Crippen molar-refractivity contribution in [3.8, 4) is 0 Å². The number of halogens is 1. The van der Waals surface area contributed by atoms with E-state index in [1.165, 1.54) is 25.7 Å². The molecule has 0 unspecified atom stereocenters. The van der Waals surface area contributed by atoms with Gasteiger partial charge in [-0.2, -0.15) is 12.6 Å². The Labute approximate surface area is 116 Å². The predicted octanol–water partition coefficient (Wildman–Crippen LogP) is 3.41. The number of rotatable bonds is 3. The largest absolute Gasteiger partial charge is 0.314 e. The zero-order valence-electron chi connectivity index (χ0n) is 10.1. The number of hydrogen-bond donors (Lipinski definition) is 1. The van der Waals surface area contributed by atoms with Gasteiger partial charge in [0, 0.05) is 22.8 Å². The number of pyridine rings is 1. The highest BCUT2D eigenvalue weighted by atomic mass is 79.9. The molecule has 0 radical (unpaired) electrons. The molecule has 4 heteroatoms. The monoisotopic (exact) mass is 315 g/mol. The summed E-state index contributed by atoms with van der Waals surface area (Å²) in [6.45, 7) is 2.67. The fraction of sp³-hybridized carbons (Fsp3) is 0.615. The van der Waals surface area contributed by atoms with Crippen molar-refractivity contribution in [2.45, 2.75) is 39.2 Å². The van der Waals surface area contributed by atoms with Gasteiger partial charge >= 0.3 is 0 Å². The highest BCUT2D eigenvalue weighted by molar-refractivity contribution is 9.10. The summed E-state index contributed by atoms with van der Waals surface area (Å²) in [7, 11) is 0. The van der Waals surface area contributed by atoms with Crippen molar-refractivity contribution in [1.29, 1.82) is 0 Å². The van der Waals surface area contributed by atoms with Gasteiger partial charge < -0.3 is 4.57 Å². The van der Waals surface area contributed by atoms with E-state index in [1.807, 2.05) is 23.8 Å². The molecule has 1 aliphatic carbocycles. The van der Waals surface area contributed by atoms with Crippen LogP contribution in [0.1, 0.15) is 31.2 Å². The van der Waals surface area contributed by atoms with Crippen molar-refractivity contribution in [1.82, 2.24) is 4.57 Å². The first-order valence-electron chi connectivity index (χ1n) is 6.04. The second kappa shape index (κ2) is 5.19. The van der Waals surface area contributed by atoms with Gasteiger partial charge in [-0.15, -0.1) is 0 Å². The summed E-state index contributed by atoms with van der Waals surface area (Å²) in [5.41, 5.74) is 1.15. The molecule has 1 saturated carbocycles. The third-order valence-electron chi connectivity index (χ3n) is 3.74. The third-order valence-corrected chi connectivity index (χ3v) is 4.84. The lowest BCUT2D eigenvalue weighted by Gasteiger charge is -2.28. The standard InChI is InChI=1S/C13H18BrNOS/c1-10-6-11(14)7-15(12(10)16)8-13(9-17)4-2-3-5-13/h6-7,17H,2-5,8-9H2,1H3. The van der Waals surface area contributed by atoms with Crippen molar-refractivity contribution in [2.24, 2.45) is 5.41 Å². The molecule has 0 aromatic carbocycles. The molecule has 0 bridgehead atoms. The van der Waals surface area contributed by atoms with E-state index in [4.69, 9.17) is 0 Å². The molecule has 2 nitrogen and oxygen atoms in total. The maximum Gasteiger partial charge on any atom is 0.253 e. The van der Waals surface area contributed by atoms with Gasteiger partial charge in [0.05, 0.1) is 0 Å². The van der Waals surface area contributed by atoms with Gasteiger partial charge in [0.25, 0.3) is 5.56 Å². The molecule has 1 aliphatic rings. The average molecular weight is 316 g/mol. The number of nitrogens with zero attached hydrogens (tertiary/aromatic N) is 1. The van der Waals surface area contributed by atoms with Crippen molar-refractivity contribution in [3.05, 3.63) is 32.7 Å². The molecule has 0 amide bonds. The van der Waals surface area contributed by atoms with Crippen LogP contribution < -0.4 is 5.56 Å². The zero-order chi connectivity index (χ0) is 12.5. The lowest BCUT2D eigenvalue weighted by atomic mass is 9.88. The van der Waals surface area contributed by atoms with Gasteiger partial charge in [0.15, 0.2) is 0 Å². The molecule has 94 valence electrons. The maximum atomic E-state index is 12.1. The van der Waals surface area contributed by atoms with Crippen LogP contribution in [0.5, 0.6) is 0 Å². The normalized spacial score (nSPS) is 18.5. The Hall–Kier alpha value is -0.220. The molecular weight excluding hydrogens is 298 g/mol. The van der Waals surface area contributed by atoms with Gasteiger partial charge in [-0.05, 0) is 52.9 Å². The fourth-order valence-electron chi connectivity index (χ4n) is 2.71. The molecule has 1 aromatic heterocycles. The summed E-state index contributed by atoms with van der Waals surface area (Å²) < 4.78 is 2.82. The van der Waals surface area contributed by atoms with E-state index in [9.17, 15) is 4.79 Å². The molecule has 2 rings (SSSR count). The molecular formula is C13H18BrNOS. The van der Waals surface area contributed by atoms with Crippen molar-refractivity contribution in [2.75, 3.05) is 5.75 Å². The van der Waals surface area contributed by atoms with E-state index in [2.05, 4.69) is 28.6 Å². The first-order valence-corrected chi connectivity index (χ1v) is 7.46. The smallest absolute Gasteiger partial charge is 0.253 e. The van der Waals surface area contributed by atoms with Crippen LogP contribution in [-0.2, 0) is 6.54 Å². The predicted molar refractivity (Wildman–Crippen MR) is 77.9 cm³/mol. The summed E-state index contributed by atoms with van der Waals surface area (Å²) >= 11 is 7.95. The van der Waals surface area contributed by atoms with Crippen LogP contribution in [-0.4, -0.2) is 10.3 Å². The molecule has 0 N–H and O–H groups in total. The maximum absolute atomic E-state index is 12.1. The molecule has 1 heterocycles.